The summed E-state index contributed by atoms with van der Waals surface area (Å²) in [6, 6.07) is 4.46. The molecular formula is C13H17NO3. The van der Waals surface area contributed by atoms with E-state index in [0.29, 0.717) is 23.8 Å². The van der Waals surface area contributed by atoms with Crippen molar-refractivity contribution in [2.45, 2.75) is 25.8 Å². The van der Waals surface area contributed by atoms with Crippen LogP contribution in [0.25, 0.3) is 0 Å². The Hall–Kier alpha value is -1.55. The average Bonchev–Trinajstić information content (AvgIpc) is 3.10. The Bertz CT molecular complexity index is 427. The highest BCUT2D eigenvalue weighted by molar-refractivity contribution is 5.76. The minimum atomic E-state index is -1.04. The Morgan fingerprint density at radius 1 is 1.59 bits per heavy atom. The number of nitrogens with two attached hydrogens (primary N) is 1. The largest absolute Gasteiger partial charge is 0.493 e. The van der Waals surface area contributed by atoms with Crippen molar-refractivity contribution < 1.29 is 14.6 Å². The fourth-order valence-electron chi connectivity index (χ4n) is 1.67. The van der Waals surface area contributed by atoms with Gasteiger partial charge in [-0.15, -0.1) is 0 Å². The molecule has 0 radical (unpaired) electrons. The number of carbonyl (C=O) groups is 1. The van der Waals surface area contributed by atoms with Crippen LogP contribution >= 0.6 is 0 Å². The van der Waals surface area contributed by atoms with Gasteiger partial charge in [0.05, 0.1) is 6.61 Å². The van der Waals surface area contributed by atoms with Crippen LogP contribution in [-0.2, 0) is 4.79 Å². The molecule has 1 fully saturated rings. The highest BCUT2D eigenvalue weighted by Crippen LogP contribution is 2.31. The van der Waals surface area contributed by atoms with Crippen molar-refractivity contribution >= 4 is 5.97 Å². The molecule has 1 atom stereocenters. The fourth-order valence-corrected chi connectivity index (χ4v) is 1.67. The van der Waals surface area contributed by atoms with E-state index >= 15 is 0 Å². The van der Waals surface area contributed by atoms with Gasteiger partial charge in [0.2, 0.25) is 0 Å². The third kappa shape index (κ3) is 2.97. The number of carboxylic acids is 1. The molecule has 2 rings (SSSR count). The lowest BCUT2D eigenvalue weighted by molar-refractivity contribution is -0.138. The van der Waals surface area contributed by atoms with Crippen LogP contribution < -0.4 is 10.5 Å². The summed E-state index contributed by atoms with van der Waals surface area (Å²) in [6.07, 6.45) is 2.40. The van der Waals surface area contributed by atoms with Crippen molar-refractivity contribution in [1.82, 2.24) is 0 Å². The maximum Gasteiger partial charge on any atom is 0.325 e. The zero-order chi connectivity index (χ0) is 12.4. The molecule has 1 aromatic rings. The molecule has 1 unspecified atom stereocenters. The number of ether oxygens (including phenoxy) is 1. The van der Waals surface area contributed by atoms with E-state index in [4.69, 9.17) is 15.6 Å². The Labute approximate surface area is 100 Å². The number of hydrogen-bond acceptors (Lipinski definition) is 3. The summed E-state index contributed by atoms with van der Waals surface area (Å²) in [5.74, 6) is 0.189. The second-order valence-corrected chi connectivity index (χ2v) is 4.61. The maximum atomic E-state index is 10.9. The quantitative estimate of drug-likeness (QED) is 0.817. The zero-order valence-electron chi connectivity index (χ0n) is 9.85. The van der Waals surface area contributed by atoms with E-state index in [1.54, 1.807) is 12.1 Å². The third-order valence-corrected chi connectivity index (χ3v) is 2.94. The highest BCUT2D eigenvalue weighted by Gasteiger charge is 2.24. The van der Waals surface area contributed by atoms with Gasteiger partial charge in [-0.05, 0) is 31.7 Å². The molecule has 17 heavy (non-hydrogen) atoms. The van der Waals surface area contributed by atoms with Gasteiger partial charge in [-0.1, -0.05) is 17.7 Å². The van der Waals surface area contributed by atoms with Gasteiger partial charge in [0, 0.05) is 5.56 Å². The molecule has 0 bridgehead atoms. The Balaban J connectivity index is 2.19. The molecular weight excluding hydrogens is 218 g/mol. The summed E-state index contributed by atoms with van der Waals surface area (Å²) in [5.41, 5.74) is 7.19. The minimum absolute atomic E-state index is 0.554. The summed E-state index contributed by atoms with van der Waals surface area (Å²) < 4.78 is 5.64. The number of carboxylic acid groups (broad SMARTS) is 1. The molecule has 4 heteroatoms. The van der Waals surface area contributed by atoms with Crippen LogP contribution in [0, 0.1) is 12.8 Å². The van der Waals surface area contributed by atoms with Crippen LogP contribution in [0.15, 0.2) is 18.2 Å². The first kappa shape index (κ1) is 11.9. The molecule has 0 saturated heterocycles. The summed E-state index contributed by atoms with van der Waals surface area (Å²) in [4.78, 5) is 10.9. The fraction of sp³-hybridized carbons (Fsp3) is 0.462. The van der Waals surface area contributed by atoms with Crippen molar-refractivity contribution in [2.24, 2.45) is 11.7 Å². The summed E-state index contributed by atoms with van der Waals surface area (Å²) in [7, 11) is 0. The Morgan fingerprint density at radius 2 is 2.29 bits per heavy atom. The van der Waals surface area contributed by atoms with E-state index in [2.05, 4.69) is 0 Å². The molecule has 1 aromatic carbocycles. The normalized spacial score (nSPS) is 16.6. The average molecular weight is 235 g/mol. The molecule has 92 valence electrons. The lowest BCUT2D eigenvalue weighted by Gasteiger charge is -2.14. The molecule has 0 amide bonds. The van der Waals surface area contributed by atoms with Gasteiger partial charge in [-0.25, -0.2) is 0 Å². The van der Waals surface area contributed by atoms with Gasteiger partial charge in [0.1, 0.15) is 11.8 Å². The molecule has 0 heterocycles. The van der Waals surface area contributed by atoms with Gasteiger partial charge in [0.15, 0.2) is 0 Å². The standard InChI is InChI=1S/C13H17NO3/c1-8-2-5-11(17-7-9-3-4-9)10(6-8)12(14)13(15)16/h2,5-6,9,12H,3-4,7,14H2,1H3,(H,15,16). The topological polar surface area (TPSA) is 72.5 Å². The molecule has 0 aromatic heterocycles. The number of aliphatic carboxylic acids is 1. The van der Waals surface area contributed by atoms with Crippen molar-refractivity contribution in [3.63, 3.8) is 0 Å². The Kier molecular flexibility index (Phi) is 3.33. The summed E-state index contributed by atoms with van der Waals surface area (Å²) in [6.45, 7) is 2.56. The third-order valence-electron chi connectivity index (χ3n) is 2.94. The van der Waals surface area contributed by atoms with Gasteiger partial charge in [0.25, 0.3) is 0 Å². The first-order chi connectivity index (χ1) is 8.08. The van der Waals surface area contributed by atoms with E-state index < -0.39 is 12.0 Å². The second kappa shape index (κ2) is 4.75. The molecule has 0 aliphatic heterocycles. The van der Waals surface area contributed by atoms with Crippen molar-refractivity contribution in [3.05, 3.63) is 29.3 Å². The van der Waals surface area contributed by atoms with Crippen LogP contribution in [0.2, 0.25) is 0 Å². The highest BCUT2D eigenvalue weighted by atomic mass is 16.5. The molecule has 1 aliphatic carbocycles. The predicted octanol–water partition coefficient (Wildman–Crippen LogP) is 1.87. The van der Waals surface area contributed by atoms with E-state index in [9.17, 15) is 4.79 Å². The van der Waals surface area contributed by atoms with Crippen LogP contribution in [0.1, 0.15) is 30.0 Å². The van der Waals surface area contributed by atoms with Gasteiger partial charge in [-0.3, -0.25) is 4.79 Å². The van der Waals surface area contributed by atoms with Gasteiger partial charge in [-0.2, -0.15) is 0 Å². The van der Waals surface area contributed by atoms with Crippen LogP contribution in [-0.4, -0.2) is 17.7 Å². The zero-order valence-corrected chi connectivity index (χ0v) is 9.85. The van der Waals surface area contributed by atoms with Gasteiger partial charge >= 0.3 is 5.97 Å². The molecule has 4 nitrogen and oxygen atoms in total. The van der Waals surface area contributed by atoms with E-state index in [0.717, 1.165) is 5.56 Å². The second-order valence-electron chi connectivity index (χ2n) is 4.61. The van der Waals surface area contributed by atoms with Crippen LogP contribution in [0.5, 0.6) is 5.75 Å². The van der Waals surface area contributed by atoms with E-state index in [1.165, 1.54) is 12.8 Å². The summed E-state index contributed by atoms with van der Waals surface area (Å²) >= 11 is 0. The maximum absolute atomic E-state index is 10.9. The van der Waals surface area contributed by atoms with Crippen molar-refractivity contribution in [3.8, 4) is 5.75 Å². The minimum Gasteiger partial charge on any atom is -0.493 e. The Morgan fingerprint density at radius 3 is 2.88 bits per heavy atom. The summed E-state index contributed by atoms with van der Waals surface area (Å²) in [5, 5.41) is 8.96. The van der Waals surface area contributed by atoms with Gasteiger partial charge < -0.3 is 15.6 Å². The van der Waals surface area contributed by atoms with Crippen molar-refractivity contribution in [1.29, 1.82) is 0 Å². The van der Waals surface area contributed by atoms with E-state index in [1.807, 2.05) is 13.0 Å². The monoisotopic (exact) mass is 235 g/mol. The number of benzene rings is 1. The smallest absolute Gasteiger partial charge is 0.325 e. The number of rotatable bonds is 5. The first-order valence-electron chi connectivity index (χ1n) is 5.79. The van der Waals surface area contributed by atoms with E-state index in [-0.39, 0.29) is 0 Å². The molecule has 1 aliphatic rings. The number of hydrogen-bond donors (Lipinski definition) is 2. The first-order valence-corrected chi connectivity index (χ1v) is 5.79. The lowest BCUT2D eigenvalue weighted by Crippen LogP contribution is -2.21. The van der Waals surface area contributed by atoms with Crippen LogP contribution in [0.4, 0.5) is 0 Å². The lowest BCUT2D eigenvalue weighted by atomic mass is 10.0. The van der Waals surface area contributed by atoms with Crippen LogP contribution in [0.3, 0.4) is 0 Å². The molecule has 1 saturated carbocycles. The number of aryl methyl sites for hydroxylation is 1. The predicted molar refractivity (Wildman–Crippen MR) is 64.0 cm³/mol. The molecule has 3 N–H and O–H groups in total. The SMILES string of the molecule is Cc1ccc(OCC2CC2)c(C(N)C(=O)O)c1. The van der Waals surface area contributed by atoms with Crippen molar-refractivity contribution in [2.75, 3.05) is 6.61 Å². The molecule has 0 spiro atoms.